The van der Waals surface area contributed by atoms with Crippen molar-refractivity contribution in [2.75, 3.05) is 19.4 Å². The maximum Gasteiger partial charge on any atom is 0.407 e. The van der Waals surface area contributed by atoms with E-state index in [1.165, 1.54) is 17.9 Å². The Morgan fingerprint density at radius 2 is 2.48 bits per heavy atom. The van der Waals surface area contributed by atoms with Crippen molar-refractivity contribution < 1.29 is 23.8 Å². The Bertz CT molecular complexity index is 865. The number of nitrogens with zero attached hydrogens (tertiary/aromatic N) is 4. The van der Waals surface area contributed by atoms with Gasteiger partial charge in [-0.3, -0.25) is 4.57 Å². The van der Waals surface area contributed by atoms with Crippen molar-refractivity contribution in [2.45, 2.75) is 24.4 Å². The van der Waals surface area contributed by atoms with Crippen molar-refractivity contribution in [1.29, 1.82) is 0 Å². The molecule has 4 N–H and O–H groups in total. The summed E-state index contributed by atoms with van der Waals surface area (Å²) in [5, 5.41) is 12.0. The molecule has 0 radical (unpaired) electrons. The first-order chi connectivity index (χ1) is 11.9. The number of fused-ring (bicyclic) bond motifs is 1. The average molecular weight is 350 g/mol. The Hall–Kier alpha value is -2.97. The predicted molar refractivity (Wildman–Crippen MR) is 82.4 cm³/mol. The summed E-state index contributed by atoms with van der Waals surface area (Å²) in [4.78, 5) is 22.6. The molecule has 0 unspecified atom stereocenters. The molecule has 3 atom stereocenters. The molecule has 1 amide bonds. The number of carbonyl (C=O) groups is 1. The normalized spacial score (nSPS) is 25.7. The zero-order valence-corrected chi connectivity index (χ0v) is 13.1. The van der Waals surface area contributed by atoms with Crippen LogP contribution in [0.25, 0.3) is 11.2 Å². The third kappa shape index (κ3) is 2.71. The van der Waals surface area contributed by atoms with Gasteiger partial charge in [0.05, 0.1) is 12.9 Å². The molecule has 11 heteroatoms. The standard InChI is InChI=1S/C14H15FN6O4/c1-3-14(5-22)7(24-13(23)17-2)4-8(25-14)21-6-18-9-10(16)19-12(15)20-11(9)21/h1,6-8,22H,4-5H2,2H3,(H,17,23)(H2,16,19,20)/t7-,8+,14+/m0/s1. The first-order valence-corrected chi connectivity index (χ1v) is 7.24. The van der Waals surface area contributed by atoms with E-state index in [-0.39, 0.29) is 23.4 Å². The van der Waals surface area contributed by atoms with E-state index >= 15 is 0 Å². The predicted octanol–water partition coefficient (Wildman–Crippen LogP) is -0.445. The summed E-state index contributed by atoms with van der Waals surface area (Å²) in [6.07, 6.45) is 3.42. The molecule has 3 heterocycles. The second-order valence-corrected chi connectivity index (χ2v) is 5.35. The summed E-state index contributed by atoms with van der Waals surface area (Å²) in [7, 11) is 1.39. The van der Waals surface area contributed by atoms with Gasteiger partial charge in [0.2, 0.25) is 0 Å². The molecule has 132 valence electrons. The molecule has 0 bridgehead atoms. The van der Waals surface area contributed by atoms with Crippen LogP contribution in [0.4, 0.5) is 15.0 Å². The number of halogens is 1. The molecular weight excluding hydrogens is 335 g/mol. The number of rotatable bonds is 3. The summed E-state index contributed by atoms with van der Waals surface area (Å²) in [5.74, 6) is 2.20. The van der Waals surface area contributed by atoms with Gasteiger partial charge in [0, 0.05) is 13.5 Å². The number of aliphatic hydroxyl groups excluding tert-OH is 1. The molecule has 3 rings (SSSR count). The second-order valence-electron chi connectivity index (χ2n) is 5.35. The Morgan fingerprint density at radius 3 is 3.12 bits per heavy atom. The fraction of sp³-hybridized carbons (Fsp3) is 0.429. The lowest BCUT2D eigenvalue weighted by Crippen LogP contribution is -2.45. The third-order valence-electron chi connectivity index (χ3n) is 3.95. The smallest absolute Gasteiger partial charge is 0.407 e. The Balaban J connectivity index is 1.99. The quantitative estimate of drug-likeness (QED) is 0.500. The van der Waals surface area contributed by atoms with Crippen molar-refractivity contribution in [3.63, 3.8) is 0 Å². The monoisotopic (exact) mass is 350 g/mol. The highest BCUT2D eigenvalue weighted by molar-refractivity contribution is 5.81. The molecule has 0 aromatic carbocycles. The van der Waals surface area contributed by atoms with Crippen LogP contribution in [-0.4, -0.2) is 56.1 Å². The third-order valence-corrected chi connectivity index (χ3v) is 3.95. The number of nitrogen functional groups attached to an aromatic ring is 1. The molecule has 10 nitrogen and oxygen atoms in total. The van der Waals surface area contributed by atoms with Crippen LogP contribution in [0, 0.1) is 18.4 Å². The molecule has 25 heavy (non-hydrogen) atoms. The molecule has 1 aliphatic heterocycles. The van der Waals surface area contributed by atoms with E-state index in [1.807, 2.05) is 0 Å². The van der Waals surface area contributed by atoms with Gasteiger partial charge in [0.15, 0.2) is 28.7 Å². The van der Waals surface area contributed by atoms with E-state index in [0.717, 1.165) is 0 Å². The summed E-state index contributed by atoms with van der Waals surface area (Å²) in [5.41, 5.74) is 4.36. The van der Waals surface area contributed by atoms with Gasteiger partial charge < -0.3 is 25.6 Å². The number of nitrogens with one attached hydrogen (secondary N) is 1. The summed E-state index contributed by atoms with van der Waals surface area (Å²) in [6, 6.07) is 0. The first kappa shape index (κ1) is 16.9. The number of terminal acetylenes is 1. The SMILES string of the molecule is C#C[C@]1(CO)O[C@@H](n2cnc3c(N)nc(F)nc32)C[C@@H]1OC(=O)NC. The Labute approximate surface area is 141 Å². The van der Waals surface area contributed by atoms with Crippen molar-refractivity contribution in [2.24, 2.45) is 0 Å². The van der Waals surface area contributed by atoms with E-state index < -0.39 is 36.7 Å². The number of imidazole rings is 1. The van der Waals surface area contributed by atoms with Crippen LogP contribution in [0.3, 0.4) is 0 Å². The highest BCUT2D eigenvalue weighted by Gasteiger charge is 2.51. The number of ether oxygens (including phenoxy) is 2. The molecule has 2 aromatic rings. The van der Waals surface area contributed by atoms with Crippen molar-refractivity contribution in [3.8, 4) is 12.3 Å². The number of carbonyl (C=O) groups excluding carboxylic acids is 1. The molecule has 1 aliphatic rings. The van der Waals surface area contributed by atoms with E-state index in [9.17, 15) is 14.3 Å². The van der Waals surface area contributed by atoms with Gasteiger partial charge in [-0.15, -0.1) is 6.42 Å². The minimum atomic E-state index is -1.55. The van der Waals surface area contributed by atoms with Crippen LogP contribution in [0.1, 0.15) is 12.6 Å². The van der Waals surface area contributed by atoms with E-state index in [2.05, 4.69) is 26.2 Å². The first-order valence-electron chi connectivity index (χ1n) is 7.24. The second kappa shape index (κ2) is 6.15. The lowest BCUT2D eigenvalue weighted by molar-refractivity contribution is -0.0907. The minimum absolute atomic E-state index is 0.0924. The number of nitrogens with two attached hydrogens (primary N) is 1. The molecule has 0 aliphatic carbocycles. The van der Waals surface area contributed by atoms with Crippen molar-refractivity contribution in [3.05, 3.63) is 12.4 Å². The van der Waals surface area contributed by atoms with Crippen LogP contribution >= 0.6 is 0 Å². The number of aromatic nitrogens is 4. The molecule has 2 aromatic heterocycles. The zero-order valence-electron chi connectivity index (χ0n) is 13.1. The van der Waals surface area contributed by atoms with E-state index in [4.69, 9.17) is 21.6 Å². The summed E-state index contributed by atoms with van der Waals surface area (Å²) in [6.45, 7) is -0.584. The van der Waals surface area contributed by atoms with Gasteiger partial charge in [-0.1, -0.05) is 5.92 Å². The van der Waals surface area contributed by atoms with Gasteiger partial charge in [-0.2, -0.15) is 14.4 Å². The number of aliphatic hydroxyl groups is 1. The van der Waals surface area contributed by atoms with Crippen LogP contribution in [0.2, 0.25) is 0 Å². The van der Waals surface area contributed by atoms with Crippen LogP contribution in [0.5, 0.6) is 0 Å². The van der Waals surface area contributed by atoms with E-state index in [0.29, 0.717) is 0 Å². The average Bonchev–Trinajstić information content (AvgIpc) is 3.16. The van der Waals surface area contributed by atoms with Gasteiger partial charge >= 0.3 is 12.2 Å². The van der Waals surface area contributed by atoms with Crippen molar-refractivity contribution >= 4 is 23.1 Å². The lowest BCUT2D eigenvalue weighted by Gasteiger charge is -2.26. The van der Waals surface area contributed by atoms with Gasteiger partial charge in [-0.25, -0.2) is 9.78 Å². The fourth-order valence-corrected chi connectivity index (χ4v) is 2.68. The Kier molecular flexibility index (Phi) is 4.15. The molecule has 0 saturated carbocycles. The Morgan fingerprint density at radius 1 is 1.72 bits per heavy atom. The molecule has 1 saturated heterocycles. The number of anilines is 1. The summed E-state index contributed by atoms with van der Waals surface area (Å²) >= 11 is 0. The molecule has 0 spiro atoms. The van der Waals surface area contributed by atoms with Crippen LogP contribution in [0.15, 0.2) is 6.33 Å². The van der Waals surface area contributed by atoms with Crippen molar-refractivity contribution in [1.82, 2.24) is 24.8 Å². The van der Waals surface area contributed by atoms with Crippen LogP contribution < -0.4 is 11.1 Å². The van der Waals surface area contributed by atoms with Gasteiger partial charge in [-0.05, 0) is 0 Å². The minimum Gasteiger partial charge on any atom is -0.442 e. The highest BCUT2D eigenvalue weighted by Crippen LogP contribution is 2.39. The molecule has 1 fully saturated rings. The maximum absolute atomic E-state index is 13.5. The zero-order chi connectivity index (χ0) is 18.2. The largest absolute Gasteiger partial charge is 0.442 e. The summed E-state index contributed by atoms with van der Waals surface area (Å²) < 4.78 is 25.8. The number of hydrogen-bond acceptors (Lipinski definition) is 8. The highest BCUT2D eigenvalue weighted by atomic mass is 19.1. The molecular formula is C14H15FN6O4. The van der Waals surface area contributed by atoms with Crippen LogP contribution in [-0.2, 0) is 9.47 Å². The lowest BCUT2D eigenvalue weighted by atomic mass is 9.99. The number of hydrogen-bond donors (Lipinski definition) is 3. The van der Waals surface area contributed by atoms with Gasteiger partial charge in [0.25, 0.3) is 0 Å². The topological polar surface area (TPSA) is 137 Å². The van der Waals surface area contributed by atoms with E-state index in [1.54, 1.807) is 0 Å². The number of alkyl carbamates (subject to hydrolysis) is 1. The fourth-order valence-electron chi connectivity index (χ4n) is 2.68. The van der Waals surface area contributed by atoms with Gasteiger partial charge in [0.1, 0.15) is 6.23 Å². The number of amides is 1. The maximum atomic E-state index is 13.5.